The van der Waals surface area contributed by atoms with E-state index >= 15 is 0 Å². The van der Waals surface area contributed by atoms with E-state index in [4.69, 9.17) is 9.47 Å². The van der Waals surface area contributed by atoms with E-state index in [1.807, 2.05) is 49.5 Å². The maximum absolute atomic E-state index is 13.1. The van der Waals surface area contributed by atoms with Crippen molar-refractivity contribution in [1.29, 1.82) is 0 Å². The van der Waals surface area contributed by atoms with Crippen molar-refractivity contribution >= 4 is 11.6 Å². The Labute approximate surface area is 156 Å². The minimum absolute atomic E-state index is 0.0170. The van der Waals surface area contributed by atoms with E-state index in [9.17, 15) is 4.79 Å². The summed E-state index contributed by atoms with van der Waals surface area (Å²) < 4.78 is 10.8. The second-order valence-corrected chi connectivity index (χ2v) is 7.12. The number of aromatic nitrogens is 2. The summed E-state index contributed by atoms with van der Waals surface area (Å²) in [7, 11) is 0. The molecule has 27 heavy (non-hydrogen) atoms. The molecule has 0 spiro atoms. The zero-order chi connectivity index (χ0) is 18.4. The smallest absolute Gasteiger partial charge is 0.235 e. The van der Waals surface area contributed by atoms with Crippen LogP contribution in [0.2, 0.25) is 0 Å². The van der Waals surface area contributed by atoms with Crippen molar-refractivity contribution in [2.75, 3.05) is 12.1 Å². The molecular formula is C21H19N3O3. The van der Waals surface area contributed by atoms with Gasteiger partial charge in [-0.1, -0.05) is 12.1 Å². The molecule has 5 rings (SSSR count). The van der Waals surface area contributed by atoms with Gasteiger partial charge in [-0.3, -0.25) is 9.89 Å². The molecule has 1 aromatic heterocycles. The van der Waals surface area contributed by atoms with Gasteiger partial charge in [-0.05, 0) is 60.7 Å². The molecule has 0 saturated heterocycles. The van der Waals surface area contributed by atoms with Crippen molar-refractivity contribution in [2.45, 2.75) is 25.2 Å². The second kappa shape index (κ2) is 5.87. The largest absolute Gasteiger partial charge is 0.454 e. The molecule has 6 nitrogen and oxygen atoms in total. The lowest BCUT2D eigenvalue weighted by molar-refractivity contribution is -0.118. The number of carbonyl (C=O) groups excluding carboxylic acids is 1. The number of rotatable bonds is 4. The van der Waals surface area contributed by atoms with E-state index in [2.05, 4.69) is 15.5 Å². The van der Waals surface area contributed by atoms with Crippen LogP contribution < -0.4 is 14.8 Å². The number of nitrogens with zero attached hydrogens (tertiary/aromatic N) is 1. The molecule has 0 bridgehead atoms. The number of aromatic amines is 1. The molecule has 2 heterocycles. The molecule has 1 saturated carbocycles. The Morgan fingerprint density at radius 2 is 2.00 bits per heavy atom. The van der Waals surface area contributed by atoms with Crippen LogP contribution >= 0.6 is 0 Å². The van der Waals surface area contributed by atoms with Gasteiger partial charge < -0.3 is 14.8 Å². The van der Waals surface area contributed by atoms with Crippen LogP contribution in [-0.4, -0.2) is 22.9 Å². The molecule has 6 heteroatoms. The predicted molar refractivity (Wildman–Crippen MR) is 101 cm³/mol. The first-order valence-electron chi connectivity index (χ1n) is 8.97. The first-order chi connectivity index (χ1) is 13.2. The Balaban J connectivity index is 1.41. The fraction of sp³-hybridized carbons (Fsp3) is 0.238. The van der Waals surface area contributed by atoms with Crippen molar-refractivity contribution in [3.8, 4) is 22.6 Å². The van der Waals surface area contributed by atoms with E-state index in [1.165, 1.54) is 0 Å². The van der Waals surface area contributed by atoms with Gasteiger partial charge in [0.2, 0.25) is 12.7 Å². The molecule has 2 N–H and O–H groups in total. The van der Waals surface area contributed by atoms with Crippen molar-refractivity contribution in [2.24, 2.45) is 0 Å². The molecule has 3 aromatic rings. The topological polar surface area (TPSA) is 76.2 Å². The normalized spacial score (nSPS) is 16.2. The minimum atomic E-state index is -0.484. The Bertz CT molecular complexity index is 1020. The van der Waals surface area contributed by atoms with Crippen molar-refractivity contribution < 1.29 is 14.3 Å². The zero-order valence-corrected chi connectivity index (χ0v) is 14.9. The van der Waals surface area contributed by atoms with Gasteiger partial charge >= 0.3 is 0 Å². The first kappa shape index (κ1) is 15.9. The molecular weight excluding hydrogens is 342 g/mol. The summed E-state index contributed by atoms with van der Waals surface area (Å²) in [6.07, 6.45) is 5.30. The number of hydrogen-bond acceptors (Lipinski definition) is 4. The predicted octanol–water partition coefficient (Wildman–Crippen LogP) is 3.78. The number of anilines is 1. The summed E-state index contributed by atoms with van der Waals surface area (Å²) in [5.41, 5.74) is 4.46. The lowest BCUT2D eigenvalue weighted by Crippen LogP contribution is -2.27. The number of fused-ring (bicyclic) bond motifs is 1. The molecule has 1 fully saturated rings. The second-order valence-electron chi connectivity index (χ2n) is 7.12. The van der Waals surface area contributed by atoms with Gasteiger partial charge in [0.25, 0.3) is 0 Å². The quantitative estimate of drug-likeness (QED) is 0.741. The average molecular weight is 361 g/mol. The maximum atomic E-state index is 13.1. The third-order valence-electron chi connectivity index (χ3n) is 5.41. The van der Waals surface area contributed by atoms with Crippen molar-refractivity contribution in [3.63, 3.8) is 0 Å². The summed E-state index contributed by atoms with van der Waals surface area (Å²) in [5, 5.41) is 9.94. The highest BCUT2D eigenvalue weighted by molar-refractivity contribution is 6.02. The van der Waals surface area contributed by atoms with E-state index in [0.717, 1.165) is 46.5 Å². The summed E-state index contributed by atoms with van der Waals surface area (Å²) in [6, 6.07) is 11.7. The van der Waals surface area contributed by atoms with E-state index < -0.39 is 5.41 Å². The van der Waals surface area contributed by atoms with Gasteiger partial charge in [0.15, 0.2) is 11.5 Å². The fourth-order valence-corrected chi connectivity index (χ4v) is 3.63. The van der Waals surface area contributed by atoms with Gasteiger partial charge in [-0.25, -0.2) is 0 Å². The van der Waals surface area contributed by atoms with Gasteiger partial charge in [0, 0.05) is 17.4 Å². The zero-order valence-electron chi connectivity index (χ0n) is 14.9. The third kappa shape index (κ3) is 2.65. The molecule has 0 atom stereocenters. The van der Waals surface area contributed by atoms with E-state index in [0.29, 0.717) is 5.75 Å². The fourth-order valence-electron chi connectivity index (χ4n) is 3.63. The van der Waals surface area contributed by atoms with Gasteiger partial charge in [-0.15, -0.1) is 0 Å². The first-order valence-corrected chi connectivity index (χ1v) is 8.97. The molecule has 0 radical (unpaired) electrons. The number of benzene rings is 2. The lowest BCUT2D eigenvalue weighted by Gasteiger charge is -2.17. The van der Waals surface area contributed by atoms with Crippen LogP contribution in [0.1, 0.15) is 24.0 Å². The Hall–Kier alpha value is -3.28. The molecule has 136 valence electrons. The van der Waals surface area contributed by atoms with Crippen LogP contribution in [0.4, 0.5) is 5.69 Å². The van der Waals surface area contributed by atoms with Crippen LogP contribution in [0.3, 0.4) is 0 Å². The SMILES string of the molecule is Cc1ccc(NC(=O)C2(c3ccc4c(c3)OCO4)CC2)cc1-c1cn[nH]c1. The maximum Gasteiger partial charge on any atom is 0.235 e. The number of aryl methyl sites for hydroxylation is 1. The third-order valence-corrected chi connectivity index (χ3v) is 5.41. The standard InChI is InChI=1S/C21H19N3O3/c1-13-2-4-16(9-17(13)14-10-22-23-11-14)24-20(25)21(6-7-21)15-3-5-18-19(8-15)27-12-26-18/h2-5,8-11H,6-7,12H2,1H3,(H,22,23)(H,24,25). The van der Waals surface area contributed by atoms with E-state index in [1.54, 1.807) is 6.20 Å². The average Bonchev–Trinajstić information content (AvgIpc) is 3.09. The van der Waals surface area contributed by atoms with Crippen LogP contribution in [-0.2, 0) is 10.2 Å². The van der Waals surface area contributed by atoms with Gasteiger partial charge in [-0.2, -0.15) is 5.10 Å². The summed E-state index contributed by atoms with van der Waals surface area (Å²) in [4.78, 5) is 13.1. The number of amides is 1. The Morgan fingerprint density at radius 3 is 2.78 bits per heavy atom. The highest BCUT2D eigenvalue weighted by Gasteiger charge is 2.51. The van der Waals surface area contributed by atoms with Gasteiger partial charge in [0.1, 0.15) is 0 Å². The van der Waals surface area contributed by atoms with Crippen LogP contribution in [0, 0.1) is 6.92 Å². The summed E-state index contributed by atoms with van der Waals surface area (Å²) in [6.45, 7) is 2.28. The number of nitrogens with one attached hydrogen (secondary N) is 2. The summed E-state index contributed by atoms with van der Waals surface area (Å²) >= 11 is 0. The number of H-pyrrole nitrogens is 1. The van der Waals surface area contributed by atoms with Crippen molar-refractivity contribution in [1.82, 2.24) is 10.2 Å². The molecule has 2 aliphatic rings. The van der Waals surface area contributed by atoms with Crippen LogP contribution in [0.5, 0.6) is 11.5 Å². The molecule has 1 aliphatic heterocycles. The Morgan fingerprint density at radius 1 is 1.15 bits per heavy atom. The van der Waals surface area contributed by atoms with Gasteiger partial charge in [0.05, 0.1) is 11.6 Å². The molecule has 1 amide bonds. The van der Waals surface area contributed by atoms with Crippen LogP contribution in [0.25, 0.3) is 11.1 Å². The molecule has 0 unspecified atom stereocenters. The van der Waals surface area contributed by atoms with Crippen LogP contribution in [0.15, 0.2) is 48.8 Å². The number of hydrogen-bond donors (Lipinski definition) is 2. The minimum Gasteiger partial charge on any atom is -0.454 e. The highest BCUT2D eigenvalue weighted by Crippen LogP contribution is 2.51. The highest BCUT2D eigenvalue weighted by atomic mass is 16.7. The molecule has 2 aromatic carbocycles. The van der Waals surface area contributed by atoms with E-state index in [-0.39, 0.29) is 12.7 Å². The number of carbonyl (C=O) groups is 1. The Kier molecular flexibility index (Phi) is 3.47. The summed E-state index contributed by atoms with van der Waals surface area (Å²) in [5.74, 6) is 1.46. The lowest BCUT2D eigenvalue weighted by atomic mass is 9.94. The monoisotopic (exact) mass is 361 g/mol. The molecule has 1 aliphatic carbocycles. The number of ether oxygens (including phenoxy) is 2. The van der Waals surface area contributed by atoms with Crippen molar-refractivity contribution in [3.05, 3.63) is 59.9 Å².